The first-order valence-corrected chi connectivity index (χ1v) is 6.69. The number of halogens is 1. The fraction of sp³-hybridized carbons (Fsp3) is 0.583. The second kappa shape index (κ2) is 6.38. The van der Waals surface area contributed by atoms with E-state index in [2.05, 4.69) is 13.8 Å². The van der Waals surface area contributed by atoms with Crippen LogP contribution in [-0.4, -0.2) is 12.3 Å². The molecule has 0 fully saturated rings. The van der Waals surface area contributed by atoms with Crippen LogP contribution < -0.4 is 5.73 Å². The monoisotopic (exact) mass is 259 g/mol. The van der Waals surface area contributed by atoms with Crippen molar-refractivity contribution in [2.45, 2.75) is 26.7 Å². The molecule has 1 rings (SSSR count). The Labute approximate surface area is 106 Å². The van der Waals surface area contributed by atoms with E-state index in [1.807, 2.05) is 12.1 Å². The van der Waals surface area contributed by atoms with Crippen molar-refractivity contribution >= 4 is 28.7 Å². The molecule has 1 aromatic heterocycles. The number of ketones is 1. The first-order valence-electron chi connectivity index (χ1n) is 5.50. The minimum absolute atomic E-state index is 0.0131. The number of rotatable bonds is 6. The Morgan fingerprint density at radius 3 is 2.62 bits per heavy atom. The molecule has 0 amide bonds. The lowest BCUT2D eigenvalue weighted by atomic mass is 9.91. The zero-order chi connectivity index (χ0) is 12.1. The second-order valence-electron chi connectivity index (χ2n) is 4.41. The Morgan fingerprint density at radius 2 is 2.19 bits per heavy atom. The summed E-state index contributed by atoms with van der Waals surface area (Å²) < 4.78 is 0.732. The van der Waals surface area contributed by atoms with E-state index < -0.39 is 0 Å². The van der Waals surface area contributed by atoms with Crippen LogP contribution in [0.4, 0.5) is 0 Å². The molecule has 4 heteroatoms. The van der Waals surface area contributed by atoms with Crippen molar-refractivity contribution in [1.29, 1.82) is 0 Å². The Balaban J connectivity index is 2.55. The fourth-order valence-corrected chi connectivity index (χ4v) is 2.79. The standard InChI is InChI=1S/C12H18ClNOS/c1-8(2)5-9(7-14)11(15)6-10-3-4-12(13)16-10/h3-4,8-9H,5-7,14H2,1-2H3. The number of carbonyl (C=O) groups is 1. The zero-order valence-corrected chi connectivity index (χ0v) is 11.3. The van der Waals surface area contributed by atoms with Crippen molar-refractivity contribution in [1.82, 2.24) is 0 Å². The molecule has 0 aliphatic carbocycles. The molecule has 0 saturated heterocycles. The van der Waals surface area contributed by atoms with Crippen molar-refractivity contribution in [3.63, 3.8) is 0 Å². The van der Waals surface area contributed by atoms with Gasteiger partial charge in [0, 0.05) is 23.8 Å². The number of hydrogen-bond donors (Lipinski definition) is 1. The number of hydrogen-bond acceptors (Lipinski definition) is 3. The van der Waals surface area contributed by atoms with E-state index in [-0.39, 0.29) is 11.7 Å². The van der Waals surface area contributed by atoms with Gasteiger partial charge in [-0.1, -0.05) is 25.4 Å². The highest BCUT2D eigenvalue weighted by Crippen LogP contribution is 2.23. The molecular weight excluding hydrogens is 242 g/mol. The van der Waals surface area contributed by atoms with Gasteiger partial charge in [-0.2, -0.15) is 0 Å². The van der Waals surface area contributed by atoms with Crippen molar-refractivity contribution in [3.05, 3.63) is 21.3 Å². The third kappa shape index (κ3) is 4.24. The van der Waals surface area contributed by atoms with E-state index in [0.29, 0.717) is 18.9 Å². The number of thiophene rings is 1. The summed E-state index contributed by atoms with van der Waals surface area (Å²) in [5, 5.41) is 0. The van der Waals surface area contributed by atoms with E-state index in [1.54, 1.807) is 0 Å². The molecule has 16 heavy (non-hydrogen) atoms. The highest BCUT2D eigenvalue weighted by molar-refractivity contribution is 7.16. The van der Waals surface area contributed by atoms with Gasteiger partial charge in [-0.05, 0) is 24.5 Å². The van der Waals surface area contributed by atoms with Crippen LogP contribution in [0.15, 0.2) is 12.1 Å². The van der Waals surface area contributed by atoms with Gasteiger partial charge >= 0.3 is 0 Å². The lowest BCUT2D eigenvalue weighted by Crippen LogP contribution is -2.26. The van der Waals surface area contributed by atoms with Gasteiger partial charge in [0.2, 0.25) is 0 Å². The van der Waals surface area contributed by atoms with Crippen LogP contribution in [0.25, 0.3) is 0 Å². The molecule has 0 saturated carbocycles. The molecule has 0 bridgehead atoms. The maximum Gasteiger partial charge on any atom is 0.142 e. The van der Waals surface area contributed by atoms with Crippen LogP contribution >= 0.6 is 22.9 Å². The van der Waals surface area contributed by atoms with Crippen molar-refractivity contribution < 1.29 is 4.79 Å². The second-order valence-corrected chi connectivity index (χ2v) is 6.21. The topological polar surface area (TPSA) is 43.1 Å². The average Bonchev–Trinajstić information content (AvgIpc) is 2.60. The van der Waals surface area contributed by atoms with Gasteiger partial charge in [0.1, 0.15) is 5.78 Å². The summed E-state index contributed by atoms with van der Waals surface area (Å²) >= 11 is 7.29. The molecule has 0 spiro atoms. The summed E-state index contributed by atoms with van der Waals surface area (Å²) in [5.74, 6) is 0.722. The fourth-order valence-electron chi connectivity index (χ4n) is 1.69. The maximum absolute atomic E-state index is 12.0. The van der Waals surface area contributed by atoms with E-state index in [9.17, 15) is 4.79 Å². The van der Waals surface area contributed by atoms with Crippen LogP contribution in [0.5, 0.6) is 0 Å². The smallest absolute Gasteiger partial charge is 0.142 e. The maximum atomic E-state index is 12.0. The first-order chi connectivity index (χ1) is 7.52. The molecule has 1 heterocycles. The van der Waals surface area contributed by atoms with E-state index >= 15 is 0 Å². The molecule has 2 N–H and O–H groups in total. The highest BCUT2D eigenvalue weighted by Gasteiger charge is 2.18. The molecule has 0 aromatic carbocycles. The van der Waals surface area contributed by atoms with Gasteiger partial charge in [-0.25, -0.2) is 0 Å². The summed E-state index contributed by atoms with van der Waals surface area (Å²) in [5.41, 5.74) is 5.64. The van der Waals surface area contributed by atoms with Crippen molar-refractivity contribution in [2.24, 2.45) is 17.6 Å². The summed E-state index contributed by atoms with van der Waals surface area (Å²) in [6.45, 7) is 4.66. The predicted molar refractivity (Wildman–Crippen MR) is 70.0 cm³/mol. The summed E-state index contributed by atoms with van der Waals surface area (Å²) in [4.78, 5) is 13.0. The molecule has 2 nitrogen and oxygen atoms in total. The van der Waals surface area contributed by atoms with Gasteiger partial charge in [0.05, 0.1) is 4.34 Å². The van der Waals surface area contributed by atoms with Crippen LogP contribution in [0.3, 0.4) is 0 Å². The number of Topliss-reactive ketones (excluding diaryl/α,β-unsaturated/α-hetero) is 1. The molecule has 1 aromatic rings. The Bertz CT molecular complexity index is 349. The lowest BCUT2D eigenvalue weighted by Gasteiger charge is -2.15. The molecule has 1 atom stereocenters. The summed E-state index contributed by atoms with van der Waals surface area (Å²) in [6.07, 6.45) is 1.33. The van der Waals surface area contributed by atoms with Crippen molar-refractivity contribution in [3.8, 4) is 0 Å². The molecule has 0 aliphatic rings. The van der Waals surface area contributed by atoms with Crippen LogP contribution in [0.2, 0.25) is 4.34 Å². The quantitative estimate of drug-likeness (QED) is 0.853. The first kappa shape index (κ1) is 13.7. The van der Waals surface area contributed by atoms with Gasteiger partial charge in [-0.3, -0.25) is 4.79 Å². The molecule has 90 valence electrons. The van der Waals surface area contributed by atoms with E-state index in [4.69, 9.17) is 17.3 Å². The molecule has 0 aliphatic heterocycles. The average molecular weight is 260 g/mol. The highest BCUT2D eigenvalue weighted by atomic mass is 35.5. The predicted octanol–water partition coefficient (Wildman–Crippen LogP) is 3.13. The SMILES string of the molecule is CC(C)CC(CN)C(=O)Cc1ccc(Cl)s1. The van der Waals surface area contributed by atoms with Gasteiger partial charge in [0.25, 0.3) is 0 Å². The van der Waals surface area contributed by atoms with E-state index in [1.165, 1.54) is 11.3 Å². The minimum atomic E-state index is -0.0131. The van der Waals surface area contributed by atoms with Gasteiger partial charge in [0.15, 0.2) is 0 Å². The van der Waals surface area contributed by atoms with Crippen molar-refractivity contribution in [2.75, 3.05) is 6.54 Å². The normalized spacial score (nSPS) is 13.1. The number of carbonyl (C=O) groups excluding carboxylic acids is 1. The van der Waals surface area contributed by atoms with Gasteiger partial charge in [-0.15, -0.1) is 11.3 Å². The van der Waals surface area contributed by atoms with E-state index in [0.717, 1.165) is 15.6 Å². The Kier molecular flexibility index (Phi) is 5.46. The third-order valence-electron chi connectivity index (χ3n) is 2.47. The minimum Gasteiger partial charge on any atom is -0.330 e. The third-order valence-corrected chi connectivity index (χ3v) is 3.70. The molecule has 0 radical (unpaired) electrons. The largest absolute Gasteiger partial charge is 0.330 e. The number of nitrogens with two attached hydrogens (primary N) is 1. The zero-order valence-electron chi connectivity index (χ0n) is 9.70. The lowest BCUT2D eigenvalue weighted by molar-refractivity contribution is -0.122. The summed E-state index contributed by atoms with van der Waals surface area (Å²) in [7, 11) is 0. The Hall–Kier alpha value is -0.380. The van der Waals surface area contributed by atoms with Crippen LogP contribution in [-0.2, 0) is 11.2 Å². The van der Waals surface area contributed by atoms with Crippen LogP contribution in [0.1, 0.15) is 25.1 Å². The molecule has 1 unspecified atom stereocenters. The molecular formula is C12H18ClNOS. The van der Waals surface area contributed by atoms with Crippen LogP contribution in [0, 0.1) is 11.8 Å². The summed E-state index contributed by atoms with van der Waals surface area (Å²) in [6, 6.07) is 3.74. The Morgan fingerprint density at radius 1 is 1.50 bits per heavy atom. The van der Waals surface area contributed by atoms with Gasteiger partial charge < -0.3 is 5.73 Å².